The molecule has 1 atom stereocenters. The number of nitrogens with two attached hydrogens (primary N) is 1. The Balaban J connectivity index is 2.09. The zero-order valence-corrected chi connectivity index (χ0v) is 11.8. The first-order chi connectivity index (χ1) is 9.69. The number of hydrogen-bond acceptors (Lipinski definition) is 3. The van der Waals surface area contributed by atoms with Gasteiger partial charge in [-0.25, -0.2) is 5.43 Å². The van der Waals surface area contributed by atoms with Gasteiger partial charge >= 0.3 is 0 Å². The molecule has 3 nitrogen and oxygen atoms in total. The first-order valence-corrected chi connectivity index (χ1v) is 6.77. The minimum Gasteiger partial charge on any atom is -0.457 e. The molecule has 0 saturated carbocycles. The molecule has 4 heteroatoms. The van der Waals surface area contributed by atoms with E-state index in [1.54, 1.807) is 0 Å². The summed E-state index contributed by atoms with van der Waals surface area (Å²) in [5, 5.41) is 1.58. The molecule has 3 N–H and O–H groups in total. The molecule has 0 amide bonds. The molecule has 0 spiro atoms. The summed E-state index contributed by atoms with van der Waals surface area (Å²) in [5.74, 6) is 6.45. The van der Waals surface area contributed by atoms with Crippen molar-refractivity contribution in [3.63, 3.8) is 0 Å². The third kappa shape index (κ3) is 2.31. The lowest BCUT2D eigenvalue weighted by molar-refractivity contribution is 0.477. The maximum Gasteiger partial charge on any atom is 0.152 e. The van der Waals surface area contributed by atoms with Crippen molar-refractivity contribution in [1.29, 1.82) is 0 Å². The Morgan fingerprint density at radius 1 is 1.15 bits per heavy atom. The largest absolute Gasteiger partial charge is 0.457 e. The van der Waals surface area contributed by atoms with Crippen LogP contribution in [0, 0.1) is 6.92 Å². The highest BCUT2D eigenvalue weighted by Crippen LogP contribution is 2.31. The Morgan fingerprint density at radius 2 is 1.95 bits per heavy atom. The van der Waals surface area contributed by atoms with Gasteiger partial charge in [0.2, 0.25) is 0 Å². The molecule has 2 aromatic carbocycles. The van der Waals surface area contributed by atoms with E-state index in [-0.39, 0.29) is 6.04 Å². The lowest BCUT2D eigenvalue weighted by Crippen LogP contribution is -2.28. The van der Waals surface area contributed by atoms with E-state index in [2.05, 4.69) is 11.5 Å². The Bertz CT molecular complexity index is 751. The molecule has 0 aliphatic heterocycles. The average Bonchev–Trinajstić information content (AvgIpc) is 2.85. The fraction of sp³-hybridized carbons (Fsp3) is 0.125. The van der Waals surface area contributed by atoms with E-state index in [1.165, 1.54) is 5.56 Å². The van der Waals surface area contributed by atoms with Crippen molar-refractivity contribution in [1.82, 2.24) is 5.43 Å². The Kier molecular flexibility index (Phi) is 3.49. The van der Waals surface area contributed by atoms with Gasteiger partial charge in [0.25, 0.3) is 0 Å². The fourth-order valence-corrected chi connectivity index (χ4v) is 2.60. The van der Waals surface area contributed by atoms with Crippen LogP contribution < -0.4 is 11.3 Å². The van der Waals surface area contributed by atoms with Gasteiger partial charge in [0.05, 0.1) is 5.02 Å². The Morgan fingerprint density at radius 3 is 2.65 bits per heavy atom. The van der Waals surface area contributed by atoms with Crippen LogP contribution in [0.15, 0.2) is 52.9 Å². The number of fused-ring (bicyclic) bond motifs is 1. The van der Waals surface area contributed by atoms with Crippen LogP contribution in [0.5, 0.6) is 0 Å². The molecule has 0 bridgehead atoms. The van der Waals surface area contributed by atoms with Crippen LogP contribution in [0.25, 0.3) is 11.0 Å². The molecule has 20 heavy (non-hydrogen) atoms. The molecule has 0 aliphatic rings. The molecule has 1 unspecified atom stereocenters. The molecule has 0 fully saturated rings. The summed E-state index contributed by atoms with van der Waals surface area (Å²) in [6, 6.07) is 15.6. The van der Waals surface area contributed by atoms with Gasteiger partial charge < -0.3 is 4.42 Å². The van der Waals surface area contributed by atoms with Gasteiger partial charge in [-0.05, 0) is 24.6 Å². The average molecular weight is 287 g/mol. The second-order valence-corrected chi connectivity index (χ2v) is 5.23. The topological polar surface area (TPSA) is 51.2 Å². The van der Waals surface area contributed by atoms with Crippen molar-refractivity contribution in [2.75, 3.05) is 0 Å². The van der Waals surface area contributed by atoms with E-state index >= 15 is 0 Å². The van der Waals surface area contributed by atoms with Crippen molar-refractivity contribution in [2.24, 2.45) is 5.84 Å². The van der Waals surface area contributed by atoms with E-state index in [0.717, 1.165) is 16.7 Å². The lowest BCUT2D eigenvalue weighted by Gasteiger charge is -2.14. The maximum absolute atomic E-state index is 6.14. The summed E-state index contributed by atoms with van der Waals surface area (Å²) in [4.78, 5) is 0. The monoisotopic (exact) mass is 286 g/mol. The van der Waals surface area contributed by atoms with Gasteiger partial charge in [0.1, 0.15) is 11.8 Å². The van der Waals surface area contributed by atoms with Crippen LogP contribution in [0.3, 0.4) is 0 Å². The number of halogens is 1. The van der Waals surface area contributed by atoms with Crippen molar-refractivity contribution in [3.05, 3.63) is 70.4 Å². The normalized spacial score (nSPS) is 12.8. The predicted molar refractivity (Wildman–Crippen MR) is 81.6 cm³/mol. The van der Waals surface area contributed by atoms with E-state index in [1.807, 2.05) is 49.4 Å². The van der Waals surface area contributed by atoms with E-state index in [0.29, 0.717) is 10.6 Å². The van der Waals surface area contributed by atoms with Gasteiger partial charge in [-0.3, -0.25) is 5.84 Å². The number of aryl methyl sites for hydroxylation is 1. The lowest BCUT2D eigenvalue weighted by atomic mass is 10.0. The molecule has 1 heterocycles. The van der Waals surface area contributed by atoms with Crippen LogP contribution in [-0.4, -0.2) is 0 Å². The molecule has 102 valence electrons. The summed E-state index contributed by atoms with van der Waals surface area (Å²) < 4.78 is 5.87. The molecule has 1 aromatic heterocycles. The Hall–Kier alpha value is -1.81. The van der Waals surface area contributed by atoms with Crippen LogP contribution in [0.4, 0.5) is 0 Å². The van der Waals surface area contributed by atoms with Crippen LogP contribution >= 0.6 is 11.6 Å². The summed E-state index contributed by atoms with van der Waals surface area (Å²) in [7, 11) is 0. The quantitative estimate of drug-likeness (QED) is 0.566. The minimum atomic E-state index is -0.196. The minimum absolute atomic E-state index is 0.196. The summed E-state index contributed by atoms with van der Waals surface area (Å²) in [6.07, 6.45) is 0. The van der Waals surface area contributed by atoms with Gasteiger partial charge in [0.15, 0.2) is 5.58 Å². The number of benzene rings is 2. The van der Waals surface area contributed by atoms with Gasteiger partial charge in [-0.2, -0.15) is 0 Å². The van der Waals surface area contributed by atoms with Crippen LogP contribution in [0.1, 0.15) is 22.9 Å². The smallest absolute Gasteiger partial charge is 0.152 e. The number of furan rings is 1. The number of para-hydroxylation sites is 1. The van der Waals surface area contributed by atoms with E-state index < -0.39 is 0 Å². The SMILES string of the molecule is Cc1cccc(C(NN)c2cc3cccc(Cl)c3o2)c1. The van der Waals surface area contributed by atoms with E-state index in [4.69, 9.17) is 21.9 Å². The van der Waals surface area contributed by atoms with Crippen molar-refractivity contribution >= 4 is 22.6 Å². The summed E-state index contributed by atoms with van der Waals surface area (Å²) in [6.45, 7) is 2.05. The second-order valence-electron chi connectivity index (χ2n) is 4.82. The molecule has 0 radical (unpaired) electrons. The van der Waals surface area contributed by atoms with Crippen LogP contribution in [0.2, 0.25) is 5.02 Å². The Labute approximate surface area is 122 Å². The standard InChI is InChI=1S/C16H15ClN2O/c1-10-4-2-5-11(8-10)15(19-18)14-9-12-6-3-7-13(17)16(12)20-14/h2-9,15,19H,18H2,1H3. The first kappa shape index (κ1) is 13.2. The van der Waals surface area contributed by atoms with Gasteiger partial charge in [-0.15, -0.1) is 0 Å². The highest BCUT2D eigenvalue weighted by Gasteiger charge is 2.18. The molecular formula is C16H15ClN2O. The number of hydrazine groups is 1. The fourth-order valence-electron chi connectivity index (χ4n) is 2.38. The maximum atomic E-state index is 6.14. The van der Waals surface area contributed by atoms with E-state index in [9.17, 15) is 0 Å². The third-order valence-corrected chi connectivity index (χ3v) is 3.64. The third-order valence-electron chi connectivity index (χ3n) is 3.34. The second kappa shape index (κ2) is 5.29. The summed E-state index contributed by atoms with van der Waals surface area (Å²) >= 11 is 6.14. The van der Waals surface area contributed by atoms with Crippen LogP contribution in [-0.2, 0) is 0 Å². The summed E-state index contributed by atoms with van der Waals surface area (Å²) in [5.41, 5.74) is 5.73. The molecule has 0 aliphatic carbocycles. The van der Waals surface area contributed by atoms with Crippen molar-refractivity contribution in [3.8, 4) is 0 Å². The molecule has 3 rings (SSSR count). The van der Waals surface area contributed by atoms with Gasteiger partial charge in [0, 0.05) is 5.39 Å². The highest BCUT2D eigenvalue weighted by molar-refractivity contribution is 6.34. The predicted octanol–water partition coefficient (Wildman–Crippen LogP) is 3.95. The number of nitrogens with one attached hydrogen (secondary N) is 1. The van der Waals surface area contributed by atoms with Gasteiger partial charge in [-0.1, -0.05) is 53.6 Å². The zero-order chi connectivity index (χ0) is 14.1. The molecule has 0 saturated heterocycles. The number of hydrogen-bond donors (Lipinski definition) is 2. The number of rotatable bonds is 3. The zero-order valence-electron chi connectivity index (χ0n) is 11.1. The first-order valence-electron chi connectivity index (χ1n) is 6.39. The highest BCUT2D eigenvalue weighted by atomic mass is 35.5. The molecule has 3 aromatic rings. The van der Waals surface area contributed by atoms with Crippen molar-refractivity contribution in [2.45, 2.75) is 13.0 Å². The molecular weight excluding hydrogens is 272 g/mol. The van der Waals surface area contributed by atoms with Crippen molar-refractivity contribution < 1.29 is 4.42 Å².